The van der Waals surface area contributed by atoms with Gasteiger partial charge in [-0.2, -0.15) is 0 Å². The van der Waals surface area contributed by atoms with Crippen LogP contribution in [0.25, 0.3) is 0 Å². The average molecular weight is 827 g/mol. The van der Waals surface area contributed by atoms with E-state index in [4.69, 9.17) is 19.3 Å². The minimum absolute atomic E-state index is 0.207. The van der Waals surface area contributed by atoms with E-state index in [0.717, 1.165) is 38.5 Å². The van der Waals surface area contributed by atoms with Crippen molar-refractivity contribution in [2.45, 2.75) is 258 Å². The first kappa shape index (κ1) is 55.5. The number of carbonyl (C=O) groups is 2. The zero-order valence-electron chi connectivity index (χ0n) is 37.3. The van der Waals surface area contributed by atoms with Crippen LogP contribution in [0.5, 0.6) is 0 Å². The predicted molar refractivity (Wildman–Crippen MR) is 239 cm³/mol. The molecule has 0 unspecified atom stereocenters. The maximum atomic E-state index is 12.5. The molecule has 9 heteroatoms. The van der Waals surface area contributed by atoms with Crippen molar-refractivity contribution < 1.29 is 37.9 Å². The molecule has 0 aliphatic heterocycles. The van der Waals surface area contributed by atoms with Crippen molar-refractivity contribution in [1.29, 1.82) is 0 Å². The van der Waals surface area contributed by atoms with Crippen molar-refractivity contribution in [2.24, 2.45) is 0 Å². The zero-order valence-corrected chi connectivity index (χ0v) is 38.1. The molecule has 0 fully saturated rings. The third-order valence-electron chi connectivity index (χ3n) is 10.7. The average Bonchev–Trinajstić information content (AvgIpc) is 3.18. The van der Waals surface area contributed by atoms with E-state index < -0.39 is 32.5 Å². The maximum absolute atomic E-state index is 12.5. The molecule has 0 aromatic rings. The second-order valence-electron chi connectivity index (χ2n) is 16.4. The van der Waals surface area contributed by atoms with Crippen LogP contribution in [0.1, 0.15) is 251 Å². The summed E-state index contributed by atoms with van der Waals surface area (Å²) >= 11 is 0. The first-order chi connectivity index (χ1) is 27.8. The lowest BCUT2D eigenvalue weighted by Gasteiger charge is -2.18. The maximum Gasteiger partial charge on any atom is 0.469 e. The van der Waals surface area contributed by atoms with Crippen molar-refractivity contribution in [3.8, 4) is 0 Å². The Morgan fingerprint density at radius 3 is 1.21 bits per heavy atom. The quantitative estimate of drug-likeness (QED) is 0.0270. The number of unbranched alkanes of at least 4 members (excludes halogenated alkanes) is 31. The van der Waals surface area contributed by atoms with Gasteiger partial charge in [0, 0.05) is 12.8 Å². The van der Waals surface area contributed by atoms with Gasteiger partial charge in [-0.3, -0.25) is 14.1 Å². The molecule has 336 valence electrons. The molecule has 0 rings (SSSR count). The van der Waals surface area contributed by atoms with Crippen molar-refractivity contribution in [3.05, 3.63) is 24.3 Å². The van der Waals surface area contributed by atoms with Crippen LogP contribution in [-0.4, -0.2) is 41.0 Å². The number of allylic oxidation sites excluding steroid dienone is 4. The fourth-order valence-electron chi connectivity index (χ4n) is 7.12. The zero-order chi connectivity index (χ0) is 41.8. The van der Waals surface area contributed by atoms with Gasteiger partial charge in [0.05, 0.1) is 6.61 Å². The number of hydrogen-bond donors (Lipinski definition) is 2. The van der Waals surface area contributed by atoms with Crippen LogP contribution in [-0.2, 0) is 28.2 Å². The molecule has 1 atom stereocenters. The molecule has 0 amide bonds. The highest BCUT2D eigenvalue weighted by molar-refractivity contribution is 7.46. The molecular weight excluding hydrogens is 735 g/mol. The number of carbonyl (C=O) groups excluding carboxylic acids is 2. The van der Waals surface area contributed by atoms with Gasteiger partial charge < -0.3 is 19.3 Å². The van der Waals surface area contributed by atoms with Gasteiger partial charge in [-0.05, 0) is 38.5 Å². The number of hydrogen-bond acceptors (Lipinski definition) is 6. The summed E-state index contributed by atoms with van der Waals surface area (Å²) in [5, 5.41) is 0. The summed E-state index contributed by atoms with van der Waals surface area (Å²) in [5.74, 6) is -0.924. The molecule has 0 saturated heterocycles. The Bertz CT molecular complexity index is 977. The molecule has 0 aromatic heterocycles. The number of phosphoric ester groups is 1. The first-order valence-electron chi connectivity index (χ1n) is 24.1. The van der Waals surface area contributed by atoms with Crippen molar-refractivity contribution in [3.63, 3.8) is 0 Å². The summed E-state index contributed by atoms with van der Waals surface area (Å²) < 4.78 is 26.4. The van der Waals surface area contributed by atoms with Crippen molar-refractivity contribution in [2.75, 3.05) is 13.2 Å². The van der Waals surface area contributed by atoms with E-state index in [1.807, 2.05) is 0 Å². The summed E-state index contributed by atoms with van der Waals surface area (Å²) in [7, 11) is -4.76. The lowest BCUT2D eigenvalue weighted by Crippen LogP contribution is -2.29. The van der Waals surface area contributed by atoms with E-state index in [-0.39, 0.29) is 19.4 Å². The third kappa shape index (κ3) is 47.1. The van der Waals surface area contributed by atoms with Crippen LogP contribution in [0.15, 0.2) is 24.3 Å². The summed E-state index contributed by atoms with van der Waals surface area (Å²) in [6.07, 6.45) is 52.1. The van der Waals surface area contributed by atoms with E-state index in [2.05, 4.69) is 42.7 Å². The molecule has 0 saturated carbocycles. The number of phosphoric acid groups is 1. The molecule has 0 aromatic carbocycles. The van der Waals surface area contributed by atoms with E-state index in [1.54, 1.807) is 0 Å². The van der Waals surface area contributed by atoms with Gasteiger partial charge in [0.1, 0.15) is 6.61 Å². The van der Waals surface area contributed by atoms with Crippen molar-refractivity contribution in [1.82, 2.24) is 0 Å². The van der Waals surface area contributed by atoms with E-state index in [9.17, 15) is 14.2 Å². The van der Waals surface area contributed by atoms with Gasteiger partial charge in [-0.1, -0.05) is 224 Å². The molecule has 0 bridgehead atoms. The Morgan fingerprint density at radius 2 is 0.807 bits per heavy atom. The smallest absolute Gasteiger partial charge is 0.462 e. The number of ether oxygens (including phenoxy) is 2. The van der Waals surface area contributed by atoms with Crippen LogP contribution >= 0.6 is 7.82 Å². The van der Waals surface area contributed by atoms with Gasteiger partial charge in [0.15, 0.2) is 6.10 Å². The van der Waals surface area contributed by atoms with Gasteiger partial charge in [0.25, 0.3) is 0 Å². The molecule has 0 aliphatic rings. The Morgan fingerprint density at radius 1 is 0.456 bits per heavy atom. The lowest BCUT2D eigenvalue weighted by molar-refractivity contribution is -0.161. The van der Waals surface area contributed by atoms with Crippen molar-refractivity contribution >= 4 is 19.8 Å². The molecular formula is C48H91O8P. The van der Waals surface area contributed by atoms with Crippen LogP contribution in [0, 0.1) is 0 Å². The molecule has 0 aliphatic carbocycles. The van der Waals surface area contributed by atoms with E-state index in [0.29, 0.717) is 12.8 Å². The number of esters is 2. The Balaban J connectivity index is 3.85. The van der Waals surface area contributed by atoms with Gasteiger partial charge in [-0.25, -0.2) is 4.57 Å². The van der Waals surface area contributed by atoms with Gasteiger partial charge >= 0.3 is 19.8 Å². The normalized spacial score (nSPS) is 12.6. The van der Waals surface area contributed by atoms with Crippen LogP contribution in [0.4, 0.5) is 0 Å². The topological polar surface area (TPSA) is 119 Å². The fourth-order valence-corrected chi connectivity index (χ4v) is 7.48. The standard InChI is InChI=1S/C48H91O8P/c1-3-5-7-9-11-13-15-17-19-21-22-23-24-25-27-29-31-33-35-37-39-41-43-48(50)56-46(45-55-57(51,52)53)44-54-47(49)42-40-38-36-34-32-30-28-26-20-18-16-14-12-10-8-6-4-2/h28,30,34,36,46H,3-27,29,31-33,35,37-45H2,1-2H3,(H2,51,52,53)/b30-28+,36-34+/t46-/m1/s1. The molecule has 8 nitrogen and oxygen atoms in total. The third-order valence-corrected chi connectivity index (χ3v) is 11.2. The Kier molecular flexibility index (Phi) is 43.0. The monoisotopic (exact) mass is 827 g/mol. The largest absolute Gasteiger partial charge is 0.469 e. The molecule has 0 spiro atoms. The van der Waals surface area contributed by atoms with Crippen LogP contribution < -0.4 is 0 Å². The summed E-state index contributed by atoms with van der Waals surface area (Å²) in [6.45, 7) is 3.69. The minimum atomic E-state index is -4.76. The molecule has 0 heterocycles. The van der Waals surface area contributed by atoms with Gasteiger partial charge in [0.2, 0.25) is 0 Å². The minimum Gasteiger partial charge on any atom is -0.462 e. The highest BCUT2D eigenvalue weighted by Gasteiger charge is 2.22. The fraction of sp³-hybridized carbons (Fsp3) is 0.875. The highest BCUT2D eigenvalue weighted by atomic mass is 31.2. The second kappa shape index (κ2) is 44.1. The van der Waals surface area contributed by atoms with Gasteiger partial charge in [-0.15, -0.1) is 0 Å². The Hall–Kier alpha value is -1.47. The molecule has 57 heavy (non-hydrogen) atoms. The van der Waals surface area contributed by atoms with Crippen LogP contribution in [0.2, 0.25) is 0 Å². The van der Waals surface area contributed by atoms with Crippen LogP contribution in [0.3, 0.4) is 0 Å². The second-order valence-corrected chi connectivity index (χ2v) is 17.7. The molecule has 0 radical (unpaired) electrons. The highest BCUT2D eigenvalue weighted by Crippen LogP contribution is 2.36. The predicted octanol–water partition coefficient (Wildman–Crippen LogP) is 15.1. The summed E-state index contributed by atoms with van der Waals surface area (Å²) in [4.78, 5) is 43.0. The van der Waals surface area contributed by atoms with E-state index >= 15 is 0 Å². The number of rotatable bonds is 45. The molecule has 2 N–H and O–H groups in total. The summed E-state index contributed by atoms with van der Waals surface area (Å²) in [6, 6.07) is 0. The first-order valence-corrected chi connectivity index (χ1v) is 25.7. The SMILES string of the molecule is CCCCCCCCCCC/C=C/C/C=C/CCCC(=O)OC[C@H](COP(=O)(O)O)OC(=O)CCCCCCCCCCCCCCCCCCCCCCCC. The lowest BCUT2D eigenvalue weighted by atomic mass is 10.0. The Labute approximate surface area is 351 Å². The summed E-state index contributed by atoms with van der Waals surface area (Å²) in [5.41, 5.74) is 0. The van der Waals surface area contributed by atoms with E-state index in [1.165, 1.54) is 173 Å².